The number of halogens is 1. The van der Waals surface area contributed by atoms with Crippen molar-refractivity contribution in [2.45, 2.75) is 20.4 Å². The van der Waals surface area contributed by atoms with Crippen LogP contribution in [-0.4, -0.2) is 15.6 Å². The molecular weight excluding hydrogens is 433 g/mol. The average molecular weight is 456 g/mol. The molecule has 0 radical (unpaired) electrons. The first kappa shape index (κ1) is 21.2. The summed E-state index contributed by atoms with van der Waals surface area (Å²) in [5.74, 6) is -0.377. The topological polar surface area (TPSA) is 46.4 Å². The summed E-state index contributed by atoms with van der Waals surface area (Å²) in [5.41, 5.74) is 6.01. The number of carbonyl (C=O) groups is 1. The quantitative estimate of drug-likeness (QED) is 0.365. The number of aryl methyl sites for hydroxylation is 2. The van der Waals surface area contributed by atoms with E-state index in [-0.39, 0.29) is 11.7 Å². The molecule has 1 fully saturated rings. The molecule has 33 heavy (non-hydrogen) atoms. The van der Waals surface area contributed by atoms with Crippen molar-refractivity contribution in [2.75, 3.05) is 0 Å². The third kappa shape index (κ3) is 4.61. The van der Waals surface area contributed by atoms with Crippen LogP contribution in [0.25, 0.3) is 17.0 Å². The summed E-state index contributed by atoms with van der Waals surface area (Å²) >= 11 is 1.34. The molecule has 0 spiro atoms. The van der Waals surface area contributed by atoms with Gasteiger partial charge in [-0.25, -0.2) is 9.38 Å². The Morgan fingerprint density at radius 1 is 1.06 bits per heavy atom. The summed E-state index contributed by atoms with van der Waals surface area (Å²) in [6, 6.07) is 20.8. The molecule has 5 rings (SSSR count). The molecule has 0 atom stereocenters. The van der Waals surface area contributed by atoms with Gasteiger partial charge in [0.2, 0.25) is 0 Å². The van der Waals surface area contributed by atoms with Crippen LogP contribution in [0, 0.1) is 19.7 Å². The molecule has 2 heterocycles. The fourth-order valence-corrected chi connectivity index (χ4v) is 4.79. The van der Waals surface area contributed by atoms with Gasteiger partial charge in [-0.2, -0.15) is 0 Å². The Kier molecular flexibility index (Phi) is 5.60. The van der Waals surface area contributed by atoms with Gasteiger partial charge >= 0.3 is 0 Å². The van der Waals surface area contributed by atoms with E-state index in [4.69, 9.17) is 0 Å². The summed E-state index contributed by atoms with van der Waals surface area (Å²) < 4.78 is 15.6. The van der Waals surface area contributed by atoms with Crippen LogP contribution in [0.4, 0.5) is 10.1 Å². The second kappa shape index (κ2) is 8.71. The molecule has 0 bridgehead atoms. The van der Waals surface area contributed by atoms with E-state index in [9.17, 15) is 9.18 Å². The van der Waals surface area contributed by atoms with Crippen LogP contribution in [0.1, 0.15) is 22.3 Å². The van der Waals surface area contributed by atoms with Crippen LogP contribution < -0.4 is 5.32 Å². The van der Waals surface area contributed by atoms with Gasteiger partial charge in [-0.3, -0.25) is 4.79 Å². The Hall–Kier alpha value is -3.64. The number of fused-ring (bicyclic) bond motifs is 1. The van der Waals surface area contributed by atoms with Crippen molar-refractivity contribution in [3.8, 4) is 0 Å². The lowest BCUT2D eigenvalue weighted by Gasteiger charge is -2.06. The van der Waals surface area contributed by atoms with E-state index in [1.807, 2.05) is 62.5 Å². The molecule has 4 aromatic rings. The van der Waals surface area contributed by atoms with E-state index in [1.165, 1.54) is 23.4 Å². The smallest absolute Gasteiger partial charge is 0.264 e. The third-order valence-corrected chi connectivity index (χ3v) is 6.47. The highest BCUT2D eigenvalue weighted by atomic mass is 32.2. The monoisotopic (exact) mass is 455 g/mol. The minimum atomic E-state index is -0.231. The molecule has 1 aliphatic heterocycles. The molecule has 4 nitrogen and oxygen atoms in total. The van der Waals surface area contributed by atoms with Gasteiger partial charge in [0, 0.05) is 23.6 Å². The summed E-state index contributed by atoms with van der Waals surface area (Å²) in [6.45, 7) is 4.65. The van der Waals surface area contributed by atoms with Crippen LogP contribution in [0.2, 0.25) is 0 Å². The van der Waals surface area contributed by atoms with E-state index in [0.717, 1.165) is 33.3 Å². The summed E-state index contributed by atoms with van der Waals surface area (Å²) in [7, 11) is 0. The van der Waals surface area contributed by atoms with E-state index in [1.54, 1.807) is 12.1 Å². The number of nitrogens with zero attached hydrogens (tertiary/aromatic N) is 2. The number of amidine groups is 1. The molecule has 1 aliphatic rings. The van der Waals surface area contributed by atoms with Gasteiger partial charge in [0.15, 0.2) is 5.17 Å². The normalized spacial score (nSPS) is 16.2. The fraction of sp³-hybridized carbons (Fsp3) is 0.111. The minimum absolute atomic E-state index is 0.146. The molecule has 1 saturated heterocycles. The molecule has 1 N–H and O–H groups in total. The number of benzene rings is 3. The molecule has 0 unspecified atom stereocenters. The number of aliphatic imine (C=N–C) groups is 1. The Labute approximate surface area is 195 Å². The average Bonchev–Trinajstić information content (AvgIpc) is 3.33. The Bertz CT molecular complexity index is 1450. The van der Waals surface area contributed by atoms with E-state index in [2.05, 4.69) is 27.0 Å². The summed E-state index contributed by atoms with van der Waals surface area (Å²) in [5, 5.41) is 4.51. The SMILES string of the molecule is Cc1ccc(N=C2NC(=O)/C(=C\c3ccc4c(ccn4Cc4cccc(F)c4)c3)S2)c(C)c1. The highest BCUT2D eigenvalue weighted by molar-refractivity contribution is 8.18. The lowest BCUT2D eigenvalue weighted by atomic mass is 10.1. The van der Waals surface area contributed by atoms with Crippen molar-refractivity contribution in [3.05, 3.63) is 106 Å². The largest absolute Gasteiger partial charge is 0.343 e. The first-order valence-corrected chi connectivity index (χ1v) is 11.5. The molecule has 6 heteroatoms. The Balaban J connectivity index is 1.37. The van der Waals surface area contributed by atoms with Crippen molar-refractivity contribution >= 4 is 45.5 Å². The fourth-order valence-electron chi connectivity index (χ4n) is 3.95. The van der Waals surface area contributed by atoms with Crippen LogP contribution in [-0.2, 0) is 11.3 Å². The number of nitrogens with one attached hydrogen (secondary N) is 1. The van der Waals surface area contributed by atoms with E-state index >= 15 is 0 Å². The predicted octanol–water partition coefficient (Wildman–Crippen LogP) is 6.34. The Morgan fingerprint density at radius 3 is 2.76 bits per heavy atom. The van der Waals surface area contributed by atoms with Crippen LogP contribution in [0.3, 0.4) is 0 Å². The summed E-state index contributed by atoms with van der Waals surface area (Å²) in [4.78, 5) is 17.7. The zero-order chi connectivity index (χ0) is 22.9. The maximum absolute atomic E-state index is 13.5. The van der Waals surface area contributed by atoms with Crippen molar-refractivity contribution in [1.82, 2.24) is 9.88 Å². The maximum Gasteiger partial charge on any atom is 0.264 e. The van der Waals surface area contributed by atoms with Crippen LogP contribution in [0.15, 0.2) is 82.8 Å². The second-order valence-electron chi connectivity index (χ2n) is 8.16. The van der Waals surface area contributed by atoms with Crippen LogP contribution >= 0.6 is 11.8 Å². The molecule has 0 saturated carbocycles. The van der Waals surface area contributed by atoms with Crippen molar-refractivity contribution < 1.29 is 9.18 Å². The van der Waals surface area contributed by atoms with Gasteiger partial charge in [-0.05, 0) is 84.8 Å². The number of thioether (sulfide) groups is 1. The molecular formula is C27H22FN3OS. The molecule has 1 aromatic heterocycles. The van der Waals surface area contributed by atoms with Crippen LogP contribution in [0.5, 0.6) is 0 Å². The summed E-state index contributed by atoms with van der Waals surface area (Å²) in [6.07, 6.45) is 3.88. The van der Waals surface area contributed by atoms with Crippen molar-refractivity contribution in [3.63, 3.8) is 0 Å². The number of hydrogen-bond donors (Lipinski definition) is 1. The number of amides is 1. The van der Waals surface area contributed by atoms with Gasteiger partial charge in [-0.15, -0.1) is 0 Å². The molecule has 1 amide bonds. The first-order valence-electron chi connectivity index (χ1n) is 10.6. The van der Waals surface area contributed by atoms with Crippen molar-refractivity contribution in [1.29, 1.82) is 0 Å². The number of rotatable bonds is 4. The lowest BCUT2D eigenvalue weighted by Crippen LogP contribution is -2.19. The second-order valence-corrected chi connectivity index (χ2v) is 9.19. The standard InChI is InChI=1S/C27H22FN3OS/c1-17-6-8-23(18(2)12-17)29-27-30-26(32)25(33-27)15-19-7-9-24-21(13-19)10-11-31(24)16-20-4-3-5-22(28)14-20/h3-15H,16H2,1-2H3,(H,29,30,32)/b25-15+. The third-order valence-electron chi connectivity index (χ3n) is 5.56. The zero-order valence-corrected chi connectivity index (χ0v) is 19.1. The minimum Gasteiger partial charge on any atom is -0.343 e. The first-order chi connectivity index (χ1) is 15.9. The zero-order valence-electron chi connectivity index (χ0n) is 18.3. The molecule has 0 aliphatic carbocycles. The van der Waals surface area contributed by atoms with Gasteiger partial charge in [0.05, 0.1) is 10.6 Å². The molecule has 3 aromatic carbocycles. The molecule has 164 valence electrons. The van der Waals surface area contributed by atoms with E-state index < -0.39 is 0 Å². The van der Waals surface area contributed by atoms with Gasteiger partial charge in [0.25, 0.3) is 5.91 Å². The number of aromatic nitrogens is 1. The number of hydrogen-bond acceptors (Lipinski definition) is 3. The highest BCUT2D eigenvalue weighted by Crippen LogP contribution is 2.30. The Morgan fingerprint density at radius 2 is 1.94 bits per heavy atom. The maximum atomic E-state index is 13.5. The van der Waals surface area contributed by atoms with Gasteiger partial charge in [0.1, 0.15) is 5.82 Å². The number of carbonyl (C=O) groups excluding carboxylic acids is 1. The van der Waals surface area contributed by atoms with Gasteiger partial charge < -0.3 is 9.88 Å². The predicted molar refractivity (Wildman–Crippen MR) is 134 cm³/mol. The van der Waals surface area contributed by atoms with E-state index in [0.29, 0.717) is 16.6 Å². The van der Waals surface area contributed by atoms with Gasteiger partial charge in [-0.1, -0.05) is 35.9 Å². The van der Waals surface area contributed by atoms with Crippen molar-refractivity contribution in [2.24, 2.45) is 4.99 Å². The lowest BCUT2D eigenvalue weighted by molar-refractivity contribution is -0.115. The highest BCUT2D eigenvalue weighted by Gasteiger charge is 2.24.